The number of carbonyl (C=O) groups is 1. The van der Waals surface area contributed by atoms with E-state index in [9.17, 15) is 13.6 Å². The number of pyridine rings is 1. The number of carboxylic acid groups (broad SMARTS) is 1. The molecule has 15 heavy (non-hydrogen) atoms. The van der Waals surface area contributed by atoms with Gasteiger partial charge in [0.25, 0.3) is 6.43 Å². The third-order valence-electron chi connectivity index (χ3n) is 1.72. The van der Waals surface area contributed by atoms with E-state index in [1.807, 2.05) is 0 Å². The Kier molecular flexibility index (Phi) is 3.41. The first-order valence-electron chi connectivity index (χ1n) is 3.86. The van der Waals surface area contributed by atoms with Crippen molar-refractivity contribution < 1.29 is 18.7 Å². The van der Waals surface area contributed by atoms with Crippen LogP contribution >= 0.6 is 11.6 Å². The first-order valence-corrected chi connectivity index (χ1v) is 4.24. The molecule has 1 aromatic heterocycles. The van der Waals surface area contributed by atoms with Crippen molar-refractivity contribution in [3.05, 3.63) is 22.5 Å². The molecule has 0 bridgehead atoms. The monoisotopic (exact) mass is 236 g/mol. The van der Waals surface area contributed by atoms with Gasteiger partial charge in [0.15, 0.2) is 0 Å². The average molecular weight is 237 g/mol. The molecular weight excluding hydrogens is 230 g/mol. The first-order chi connectivity index (χ1) is 6.93. The smallest absolute Gasteiger partial charge is 0.307 e. The van der Waals surface area contributed by atoms with Gasteiger partial charge in [0.05, 0.1) is 23.3 Å². The van der Waals surface area contributed by atoms with Gasteiger partial charge in [-0.2, -0.15) is 0 Å². The number of halogens is 3. The molecule has 0 unspecified atom stereocenters. The second-order valence-corrected chi connectivity index (χ2v) is 3.14. The lowest BCUT2D eigenvalue weighted by atomic mass is 10.1. The van der Waals surface area contributed by atoms with Gasteiger partial charge in [0.1, 0.15) is 5.69 Å². The van der Waals surface area contributed by atoms with E-state index in [0.29, 0.717) is 0 Å². The highest BCUT2D eigenvalue weighted by Crippen LogP contribution is 2.31. The molecule has 0 amide bonds. The molecule has 0 fully saturated rings. The van der Waals surface area contributed by atoms with Crippen LogP contribution in [0, 0.1) is 0 Å². The predicted octanol–water partition coefficient (Wildman–Crippen LogP) is 1.88. The van der Waals surface area contributed by atoms with Crippen LogP contribution in [0.1, 0.15) is 17.7 Å². The number of hydrogen-bond acceptors (Lipinski definition) is 3. The standard InChI is InChI=1S/C8H7ClF2N2O2/c9-6-3(1-5(14)15)4(12)2-13-7(6)8(10)11/h2,8H,1,12H2,(H,14,15). The van der Waals surface area contributed by atoms with Crippen LogP contribution < -0.4 is 5.73 Å². The number of alkyl halides is 2. The summed E-state index contributed by atoms with van der Waals surface area (Å²) in [5.74, 6) is -1.20. The molecule has 0 aromatic carbocycles. The maximum Gasteiger partial charge on any atom is 0.307 e. The molecule has 1 rings (SSSR count). The quantitative estimate of drug-likeness (QED) is 0.840. The number of aromatic nitrogens is 1. The van der Waals surface area contributed by atoms with Crippen molar-refractivity contribution in [2.75, 3.05) is 5.73 Å². The number of carboxylic acids is 1. The second kappa shape index (κ2) is 4.39. The summed E-state index contributed by atoms with van der Waals surface area (Å²) in [6.45, 7) is 0. The average Bonchev–Trinajstić information content (AvgIpc) is 2.11. The van der Waals surface area contributed by atoms with E-state index >= 15 is 0 Å². The van der Waals surface area contributed by atoms with Crippen LogP contribution in [0.25, 0.3) is 0 Å². The predicted molar refractivity (Wildman–Crippen MR) is 50.0 cm³/mol. The number of anilines is 1. The maximum absolute atomic E-state index is 12.3. The van der Waals surface area contributed by atoms with Gasteiger partial charge in [-0.1, -0.05) is 11.6 Å². The van der Waals surface area contributed by atoms with E-state index in [2.05, 4.69) is 4.98 Å². The van der Waals surface area contributed by atoms with Crippen molar-refractivity contribution in [2.24, 2.45) is 0 Å². The number of nitrogens with two attached hydrogens (primary N) is 1. The minimum atomic E-state index is -2.86. The van der Waals surface area contributed by atoms with Gasteiger partial charge in [0.2, 0.25) is 0 Å². The highest BCUT2D eigenvalue weighted by molar-refractivity contribution is 6.32. The highest BCUT2D eigenvalue weighted by Gasteiger charge is 2.19. The Labute approximate surface area is 88.7 Å². The molecule has 0 saturated heterocycles. The van der Waals surface area contributed by atoms with E-state index in [1.165, 1.54) is 0 Å². The number of nitrogens with zero attached hydrogens (tertiary/aromatic N) is 1. The van der Waals surface area contributed by atoms with Crippen molar-refractivity contribution in [1.29, 1.82) is 0 Å². The topological polar surface area (TPSA) is 76.2 Å². The van der Waals surface area contributed by atoms with E-state index in [-0.39, 0.29) is 16.3 Å². The SMILES string of the molecule is Nc1cnc(C(F)F)c(Cl)c1CC(=O)O. The molecule has 82 valence electrons. The molecule has 0 aliphatic carbocycles. The summed E-state index contributed by atoms with van der Waals surface area (Å²) < 4.78 is 24.7. The summed E-state index contributed by atoms with van der Waals surface area (Å²) in [6.07, 6.45) is -2.39. The van der Waals surface area contributed by atoms with Crippen LogP contribution in [0.4, 0.5) is 14.5 Å². The highest BCUT2D eigenvalue weighted by atomic mass is 35.5. The molecule has 1 heterocycles. The van der Waals surface area contributed by atoms with Crippen molar-refractivity contribution >= 4 is 23.3 Å². The number of rotatable bonds is 3. The van der Waals surface area contributed by atoms with E-state index in [4.69, 9.17) is 22.4 Å². The molecule has 0 atom stereocenters. The molecule has 0 aliphatic rings. The zero-order valence-electron chi connectivity index (χ0n) is 7.38. The summed E-state index contributed by atoms with van der Waals surface area (Å²) in [4.78, 5) is 13.8. The van der Waals surface area contributed by atoms with Crippen molar-refractivity contribution in [2.45, 2.75) is 12.8 Å². The molecule has 1 aromatic rings. The lowest BCUT2D eigenvalue weighted by Crippen LogP contribution is -2.07. The molecule has 0 radical (unpaired) electrons. The van der Waals surface area contributed by atoms with Gasteiger partial charge in [-0.25, -0.2) is 8.78 Å². The normalized spacial score (nSPS) is 10.7. The molecule has 3 N–H and O–H groups in total. The minimum Gasteiger partial charge on any atom is -0.481 e. The summed E-state index contributed by atoms with van der Waals surface area (Å²) in [7, 11) is 0. The van der Waals surface area contributed by atoms with Gasteiger partial charge in [0, 0.05) is 5.56 Å². The lowest BCUT2D eigenvalue weighted by molar-refractivity contribution is -0.136. The number of nitrogen functional groups attached to an aromatic ring is 1. The Morgan fingerprint density at radius 3 is 2.73 bits per heavy atom. The van der Waals surface area contributed by atoms with E-state index in [0.717, 1.165) is 6.20 Å². The fourth-order valence-electron chi connectivity index (χ4n) is 1.04. The zero-order valence-corrected chi connectivity index (χ0v) is 8.13. The third-order valence-corrected chi connectivity index (χ3v) is 2.14. The van der Waals surface area contributed by atoms with Crippen LogP contribution in [-0.2, 0) is 11.2 Å². The molecule has 4 nitrogen and oxygen atoms in total. The van der Waals surface area contributed by atoms with Crippen LogP contribution in [-0.4, -0.2) is 16.1 Å². The van der Waals surface area contributed by atoms with Crippen LogP contribution in [0.2, 0.25) is 5.02 Å². The van der Waals surface area contributed by atoms with Crippen molar-refractivity contribution in [3.8, 4) is 0 Å². The zero-order chi connectivity index (χ0) is 11.6. The van der Waals surface area contributed by atoms with Crippen LogP contribution in [0.15, 0.2) is 6.20 Å². The van der Waals surface area contributed by atoms with Crippen LogP contribution in [0.3, 0.4) is 0 Å². The van der Waals surface area contributed by atoms with E-state index in [1.54, 1.807) is 0 Å². The molecule has 0 aliphatic heterocycles. The Hall–Kier alpha value is -1.43. The fraction of sp³-hybridized carbons (Fsp3) is 0.250. The molecule has 7 heteroatoms. The van der Waals surface area contributed by atoms with Gasteiger partial charge < -0.3 is 10.8 Å². The number of hydrogen-bond donors (Lipinski definition) is 2. The fourth-order valence-corrected chi connectivity index (χ4v) is 1.35. The largest absolute Gasteiger partial charge is 0.481 e. The minimum absolute atomic E-state index is 0.00759. The van der Waals surface area contributed by atoms with Gasteiger partial charge in [-0.05, 0) is 0 Å². The molecular formula is C8H7ClF2N2O2. The van der Waals surface area contributed by atoms with Gasteiger partial charge in [-0.15, -0.1) is 0 Å². The number of aliphatic carboxylic acids is 1. The third kappa shape index (κ3) is 2.53. The second-order valence-electron chi connectivity index (χ2n) is 2.76. The Balaban J connectivity index is 3.23. The van der Waals surface area contributed by atoms with Crippen molar-refractivity contribution in [3.63, 3.8) is 0 Å². The lowest BCUT2D eigenvalue weighted by Gasteiger charge is -2.09. The first kappa shape index (κ1) is 11.6. The van der Waals surface area contributed by atoms with Gasteiger partial charge >= 0.3 is 5.97 Å². The van der Waals surface area contributed by atoms with Gasteiger partial charge in [-0.3, -0.25) is 9.78 Å². The maximum atomic E-state index is 12.3. The Morgan fingerprint density at radius 2 is 2.27 bits per heavy atom. The Bertz CT molecular complexity index is 398. The van der Waals surface area contributed by atoms with Crippen molar-refractivity contribution in [1.82, 2.24) is 4.98 Å². The summed E-state index contributed by atoms with van der Waals surface area (Å²) >= 11 is 5.57. The summed E-state index contributed by atoms with van der Waals surface area (Å²) in [5.41, 5.74) is 4.69. The molecule has 0 saturated carbocycles. The Morgan fingerprint density at radius 1 is 1.67 bits per heavy atom. The van der Waals surface area contributed by atoms with Crippen LogP contribution in [0.5, 0.6) is 0 Å². The molecule has 0 spiro atoms. The summed E-state index contributed by atoms with van der Waals surface area (Å²) in [5, 5.41) is 8.14. The summed E-state index contributed by atoms with van der Waals surface area (Å²) in [6, 6.07) is 0. The van der Waals surface area contributed by atoms with E-state index < -0.39 is 24.5 Å².